The van der Waals surface area contributed by atoms with Gasteiger partial charge in [-0.15, -0.1) is 0 Å². The zero-order valence-electron chi connectivity index (χ0n) is 13.6. The molecule has 0 fully saturated rings. The first-order chi connectivity index (χ1) is 12.1. The Labute approximate surface area is 145 Å². The number of esters is 1. The van der Waals surface area contributed by atoms with Crippen molar-refractivity contribution in [2.24, 2.45) is 0 Å². The highest BCUT2D eigenvalue weighted by Gasteiger charge is 2.03. The minimum atomic E-state index is -0.472. The van der Waals surface area contributed by atoms with Gasteiger partial charge in [0.2, 0.25) is 0 Å². The van der Waals surface area contributed by atoms with Gasteiger partial charge in [-0.25, -0.2) is 4.79 Å². The van der Waals surface area contributed by atoms with Gasteiger partial charge in [0, 0.05) is 6.08 Å². The van der Waals surface area contributed by atoms with Gasteiger partial charge in [0.15, 0.2) is 0 Å². The molecule has 0 bridgehead atoms. The SMILES string of the molecule is Cc1ccc(/C=C/C(=O)Oc2ccc(-c3ccc(C#N)cc3)cc2)o1. The van der Waals surface area contributed by atoms with Gasteiger partial charge in [0.25, 0.3) is 0 Å². The average Bonchev–Trinajstić information content (AvgIpc) is 3.06. The van der Waals surface area contributed by atoms with E-state index in [1.54, 1.807) is 36.4 Å². The van der Waals surface area contributed by atoms with Crippen molar-refractivity contribution in [1.29, 1.82) is 5.26 Å². The fourth-order valence-corrected chi connectivity index (χ4v) is 2.30. The van der Waals surface area contributed by atoms with Crippen LogP contribution in [0.5, 0.6) is 5.75 Å². The Morgan fingerprint density at radius 3 is 2.20 bits per heavy atom. The summed E-state index contributed by atoms with van der Waals surface area (Å²) in [6.45, 7) is 1.84. The first-order valence-corrected chi connectivity index (χ1v) is 7.71. The van der Waals surface area contributed by atoms with Crippen molar-refractivity contribution in [3.8, 4) is 22.9 Å². The molecule has 3 aromatic rings. The van der Waals surface area contributed by atoms with Crippen LogP contribution in [0.25, 0.3) is 17.2 Å². The van der Waals surface area contributed by atoms with Crippen molar-refractivity contribution in [2.45, 2.75) is 6.92 Å². The standard InChI is InChI=1S/C21H15NO3/c1-15-2-9-19(24-15)12-13-21(23)25-20-10-7-18(8-11-20)17-5-3-16(14-22)4-6-17/h2-13H,1H3/b13-12+. The highest BCUT2D eigenvalue weighted by Crippen LogP contribution is 2.23. The monoisotopic (exact) mass is 329 g/mol. The van der Waals surface area contributed by atoms with Gasteiger partial charge in [-0.2, -0.15) is 5.26 Å². The van der Waals surface area contributed by atoms with Crippen molar-refractivity contribution >= 4 is 12.0 Å². The number of carbonyl (C=O) groups is 1. The van der Waals surface area contributed by atoms with Crippen molar-refractivity contribution < 1.29 is 13.9 Å². The van der Waals surface area contributed by atoms with Crippen LogP contribution in [0.4, 0.5) is 0 Å². The number of hydrogen-bond donors (Lipinski definition) is 0. The van der Waals surface area contributed by atoms with Gasteiger partial charge in [0.1, 0.15) is 17.3 Å². The first-order valence-electron chi connectivity index (χ1n) is 7.71. The summed E-state index contributed by atoms with van der Waals surface area (Å²) in [5.41, 5.74) is 2.59. The second-order valence-electron chi connectivity index (χ2n) is 5.42. The largest absolute Gasteiger partial charge is 0.462 e. The van der Waals surface area contributed by atoms with Gasteiger partial charge in [-0.05, 0) is 60.5 Å². The molecule has 0 aliphatic heterocycles. The van der Waals surface area contributed by atoms with E-state index in [2.05, 4.69) is 6.07 Å². The van der Waals surface area contributed by atoms with Crippen LogP contribution in [-0.2, 0) is 4.79 Å². The molecule has 0 aliphatic carbocycles. The minimum Gasteiger partial charge on any atom is -0.462 e. The maximum absolute atomic E-state index is 11.8. The maximum Gasteiger partial charge on any atom is 0.336 e. The van der Waals surface area contributed by atoms with E-state index >= 15 is 0 Å². The molecule has 0 spiro atoms. The summed E-state index contributed by atoms with van der Waals surface area (Å²) in [6, 6.07) is 20.2. The Hall–Kier alpha value is -3.58. The molecule has 4 nitrogen and oxygen atoms in total. The second kappa shape index (κ2) is 7.33. The highest BCUT2D eigenvalue weighted by atomic mass is 16.5. The molecule has 1 aromatic heterocycles. The molecule has 4 heteroatoms. The van der Waals surface area contributed by atoms with Gasteiger partial charge in [-0.3, -0.25) is 0 Å². The normalized spacial score (nSPS) is 10.6. The molecule has 3 rings (SSSR count). The van der Waals surface area contributed by atoms with Crippen LogP contribution in [0.2, 0.25) is 0 Å². The van der Waals surface area contributed by atoms with Crippen molar-refractivity contribution in [2.75, 3.05) is 0 Å². The van der Waals surface area contributed by atoms with Crippen LogP contribution in [0, 0.1) is 18.3 Å². The number of hydrogen-bond acceptors (Lipinski definition) is 4. The number of aryl methyl sites for hydroxylation is 1. The predicted molar refractivity (Wildman–Crippen MR) is 94.7 cm³/mol. The van der Waals surface area contributed by atoms with E-state index in [-0.39, 0.29) is 0 Å². The lowest BCUT2D eigenvalue weighted by molar-refractivity contribution is -0.128. The molecule has 1 heterocycles. The summed E-state index contributed by atoms with van der Waals surface area (Å²) < 4.78 is 10.6. The van der Waals surface area contributed by atoms with E-state index in [4.69, 9.17) is 14.4 Å². The topological polar surface area (TPSA) is 63.2 Å². The predicted octanol–water partition coefficient (Wildman–Crippen LogP) is 4.75. The van der Waals surface area contributed by atoms with Crippen molar-refractivity contribution in [3.63, 3.8) is 0 Å². The molecule has 0 atom stereocenters. The molecule has 25 heavy (non-hydrogen) atoms. The number of carbonyl (C=O) groups excluding carboxylic acids is 1. The lowest BCUT2D eigenvalue weighted by Gasteiger charge is -2.04. The molecule has 0 N–H and O–H groups in total. The Bertz CT molecular complexity index is 942. The lowest BCUT2D eigenvalue weighted by Crippen LogP contribution is -2.03. The Kier molecular flexibility index (Phi) is 4.77. The molecule has 0 aliphatic rings. The average molecular weight is 329 g/mol. The second-order valence-corrected chi connectivity index (χ2v) is 5.42. The minimum absolute atomic E-state index is 0.461. The summed E-state index contributed by atoms with van der Waals surface area (Å²) >= 11 is 0. The van der Waals surface area contributed by atoms with Crippen molar-refractivity contribution in [3.05, 3.63) is 83.8 Å². The summed E-state index contributed by atoms with van der Waals surface area (Å²) in [4.78, 5) is 11.8. The first kappa shape index (κ1) is 16.3. The fraction of sp³-hybridized carbons (Fsp3) is 0.0476. The number of nitrogens with zero attached hydrogens (tertiary/aromatic N) is 1. The Morgan fingerprint density at radius 2 is 1.64 bits per heavy atom. The quantitative estimate of drug-likeness (QED) is 0.394. The molecule has 2 aromatic carbocycles. The lowest BCUT2D eigenvalue weighted by atomic mass is 10.0. The Morgan fingerprint density at radius 1 is 1.00 bits per heavy atom. The number of rotatable bonds is 4. The molecule has 0 saturated carbocycles. The van der Waals surface area contributed by atoms with Gasteiger partial charge >= 0.3 is 5.97 Å². The van der Waals surface area contributed by atoms with Crippen LogP contribution >= 0.6 is 0 Å². The van der Waals surface area contributed by atoms with Crippen LogP contribution in [0.1, 0.15) is 17.1 Å². The molecule has 0 radical (unpaired) electrons. The van der Waals surface area contributed by atoms with E-state index < -0.39 is 5.97 Å². The van der Waals surface area contributed by atoms with Gasteiger partial charge in [0.05, 0.1) is 11.6 Å². The summed E-state index contributed by atoms with van der Waals surface area (Å²) in [6.07, 6.45) is 2.90. The molecule has 0 saturated heterocycles. The van der Waals surface area contributed by atoms with E-state index in [9.17, 15) is 4.79 Å². The highest BCUT2D eigenvalue weighted by molar-refractivity contribution is 5.88. The van der Waals surface area contributed by atoms with Crippen LogP contribution in [0.15, 0.2) is 71.2 Å². The zero-order valence-corrected chi connectivity index (χ0v) is 13.6. The fourth-order valence-electron chi connectivity index (χ4n) is 2.30. The van der Waals surface area contributed by atoms with E-state index in [1.165, 1.54) is 6.08 Å². The maximum atomic E-state index is 11.8. The smallest absolute Gasteiger partial charge is 0.336 e. The number of benzene rings is 2. The molecule has 122 valence electrons. The third-order valence-corrected chi connectivity index (χ3v) is 3.56. The molecular weight excluding hydrogens is 314 g/mol. The van der Waals surface area contributed by atoms with Crippen LogP contribution in [-0.4, -0.2) is 5.97 Å². The number of nitriles is 1. The summed E-state index contributed by atoms with van der Waals surface area (Å²) in [5, 5.41) is 8.83. The van der Waals surface area contributed by atoms with E-state index in [0.717, 1.165) is 16.9 Å². The summed E-state index contributed by atoms with van der Waals surface area (Å²) in [7, 11) is 0. The van der Waals surface area contributed by atoms with Crippen molar-refractivity contribution in [1.82, 2.24) is 0 Å². The number of ether oxygens (including phenoxy) is 1. The molecular formula is C21H15NO3. The van der Waals surface area contributed by atoms with Gasteiger partial charge in [-0.1, -0.05) is 24.3 Å². The zero-order chi connectivity index (χ0) is 17.6. The van der Waals surface area contributed by atoms with E-state index in [1.807, 2.05) is 37.3 Å². The molecule has 0 amide bonds. The third-order valence-electron chi connectivity index (χ3n) is 3.56. The van der Waals surface area contributed by atoms with Crippen LogP contribution < -0.4 is 4.74 Å². The third kappa shape index (κ3) is 4.24. The Balaban J connectivity index is 1.64. The van der Waals surface area contributed by atoms with Gasteiger partial charge < -0.3 is 9.15 Å². The molecule has 0 unspecified atom stereocenters. The summed E-state index contributed by atoms with van der Waals surface area (Å²) in [5.74, 6) is 1.37. The van der Waals surface area contributed by atoms with Crippen LogP contribution in [0.3, 0.4) is 0 Å². The number of furan rings is 1. The van der Waals surface area contributed by atoms with E-state index in [0.29, 0.717) is 17.1 Å².